The number of rotatable bonds is 4. The number of thiazole rings is 1. The lowest BCUT2D eigenvalue weighted by atomic mass is 10.2. The van der Waals surface area contributed by atoms with Crippen LogP contribution in [0, 0.1) is 12.7 Å². The van der Waals surface area contributed by atoms with Crippen LogP contribution in [0.1, 0.15) is 11.3 Å². The maximum absolute atomic E-state index is 13.5. The number of halogens is 1. The average Bonchev–Trinajstić information content (AvgIpc) is 2.98. The van der Waals surface area contributed by atoms with Gasteiger partial charge in [0, 0.05) is 10.9 Å². The van der Waals surface area contributed by atoms with E-state index in [0.717, 1.165) is 10.6 Å². The summed E-state index contributed by atoms with van der Waals surface area (Å²) in [6.45, 7) is 2.03. The molecule has 1 N–H and O–H groups in total. The molecule has 0 aliphatic carbocycles. The summed E-state index contributed by atoms with van der Waals surface area (Å²) < 4.78 is 13.5. The van der Waals surface area contributed by atoms with Crippen molar-refractivity contribution in [3.63, 3.8) is 0 Å². The number of anilines is 1. The van der Waals surface area contributed by atoms with Crippen molar-refractivity contribution in [3.05, 3.63) is 71.0 Å². The molecule has 0 bridgehead atoms. The number of carbonyl (C=O) groups excluding carboxylic acids is 1. The van der Waals surface area contributed by atoms with Crippen LogP contribution in [0.15, 0.2) is 53.9 Å². The Kier molecular flexibility index (Phi) is 4.48. The van der Waals surface area contributed by atoms with Crippen LogP contribution in [-0.2, 0) is 11.2 Å². The fraction of sp³-hybridized carbons (Fsp3) is 0.111. The maximum atomic E-state index is 13.5. The summed E-state index contributed by atoms with van der Waals surface area (Å²) in [6.07, 6.45) is 0.122. The quantitative estimate of drug-likeness (QED) is 0.770. The van der Waals surface area contributed by atoms with Crippen molar-refractivity contribution >= 4 is 22.9 Å². The van der Waals surface area contributed by atoms with Gasteiger partial charge in [0.2, 0.25) is 5.91 Å². The van der Waals surface area contributed by atoms with Gasteiger partial charge in [-0.3, -0.25) is 4.79 Å². The molecule has 0 atom stereocenters. The number of hydrogen-bond acceptors (Lipinski definition) is 3. The van der Waals surface area contributed by atoms with Crippen LogP contribution in [0.25, 0.3) is 10.6 Å². The SMILES string of the molecule is Cc1ccc(-c2nc(CC(=O)Nc3ccccc3F)cs2)cc1. The average molecular weight is 326 g/mol. The normalized spacial score (nSPS) is 10.5. The first-order valence-corrected chi connectivity index (χ1v) is 8.05. The smallest absolute Gasteiger partial charge is 0.230 e. The van der Waals surface area contributed by atoms with E-state index in [-0.39, 0.29) is 18.0 Å². The van der Waals surface area contributed by atoms with Gasteiger partial charge in [-0.25, -0.2) is 9.37 Å². The second kappa shape index (κ2) is 6.71. The molecular formula is C18H15FN2OS. The first-order valence-electron chi connectivity index (χ1n) is 7.17. The molecule has 1 aromatic heterocycles. The lowest BCUT2D eigenvalue weighted by Crippen LogP contribution is -2.15. The number of amides is 1. The van der Waals surface area contributed by atoms with Gasteiger partial charge in [0.1, 0.15) is 10.8 Å². The van der Waals surface area contributed by atoms with Crippen molar-refractivity contribution in [1.82, 2.24) is 4.98 Å². The molecule has 0 saturated carbocycles. The zero-order valence-electron chi connectivity index (χ0n) is 12.5. The van der Waals surface area contributed by atoms with E-state index in [1.165, 1.54) is 29.0 Å². The van der Waals surface area contributed by atoms with Crippen LogP contribution < -0.4 is 5.32 Å². The summed E-state index contributed by atoms with van der Waals surface area (Å²) in [6, 6.07) is 14.2. The Morgan fingerprint density at radius 1 is 1.17 bits per heavy atom. The second-order valence-corrected chi connectivity index (χ2v) is 6.07. The van der Waals surface area contributed by atoms with E-state index in [1.807, 2.05) is 36.6 Å². The third-order valence-corrected chi connectivity index (χ3v) is 4.28. The number of carbonyl (C=O) groups is 1. The van der Waals surface area contributed by atoms with E-state index in [4.69, 9.17) is 0 Å². The molecule has 3 nitrogen and oxygen atoms in total. The van der Waals surface area contributed by atoms with Gasteiger partial charge >= 0.3 is 0 Å². The third-order valence-electron chi connectivity index (χ3n) is 3.34. The highest BCUT2D eigenvalue weighted by molar-refractivity contribution is 7.13. The minimum Gasteiger partial charge on any atom is -0.323 e. The molecule has 23 heavy (non-hydrogen) atoms. The number of nitrogens with zero attached hydrogens (tertiary/aromatic N) is 1. The highest BCUT2D eigenvalue weighted by atomic mass is 32.1. The Balaban J connectivity index is 1.68. The molecular weight excluding hydrogens is 311 g/mol. The number of para-hydroxylation sites is 1. The molecule has 0 aliphatic rings. The van der Waals surface area contributed by atoms with Crippen LogP contribution in [0.4, 0.5) is 10.1 Å². The van der Waals surface area contributed by atoms with Crippen molar-refractivity contribution < 1.29 is 9.18 Å². The number of hydrogen-bond donors (Lipinski definition) is 1. The summed E-state index contributed by atoms with van der Waals surface area (Å²) in [5.41, 5.74) is 3.09. The first-order chi connectivity index (χ1) is 11.1. The van der Waals surface area contributed by atoms with Crippen molar-refractivity contribution in [1.29, 1.82) is 0 Å². The van der Waals surface area contributed by atoms with E-state index < -0.39 is 5.82 Å². The van der Waals surface area contributed by atoms with Crippen molar-refractivity contribution in [2.45, 2.75) is 13.3 Å². The zero-order chi connectivity index (χ0) is 16.2. The lowest BCUT2D eigenvalue weighted by Gasteiger charge is -2.04. The Hall–Kier alpha value is -2.53. The summed E-state index contributed by atoms with van der Waals surface area (Å²) >= 11 is 1.49. The largest absolute Gasteiger partial charge is 0.323 e. The van der Waals surface area contributed by atoms with Gasteiger partial charge in [-0.05, 0) is 19.1 Å². The molecule has 3 rings (SSSR count). The Labute approximate surface area is 137 Å². The van der Waals surface area contributed by atoms with Gasteiger partial charge in [-0.2, -0.15) is 0 Å². The standard InChI is InChI=1S/C18H15FN2OS/c1-12-6-8-13(9-7-12)18-20-14(11-23-18)10-17(22)21-16-5-3-2-4-15(16)19/h2-9,11H,10H2,1H3,(H,21,22). The van der Waals surface area contributed by atoms with Gasteiger partial charge in [-0.1, -0.05) is 42.0 Å². The number of aryl methyl sites for hydroxylation is 1. The second-order valence-electron chi connectivity index (χ2n) is 5.21. The Morgan fingerprint density at radius 3 is 2.65 bits per heavy atom. The van der Waals surface area contributed by atoms with Crippen molar-refractivity contribution in [3.8, 4) is 10.6 Å². The van der Waals surface area contributed by atoms with Gasteiger partial charge in [0.05, 0.1) is 17.8 Å². The molecule has 0 aliphatic heterocycles. The molecule has 1 heterocycles. The molecule has 0 unspecified atom stereocenters. The van der Waals surface area contributed by atoms with E-state index in [9.17, 15) is 9.18 Å². The molecule has 0 radical (unpaired) electrons. The molecule has 0 spiro atoms. The summed E-state index contributed by atoms with van der Waals surface area (Å²) in [4.78, 5) is 16.5. The fourth-order valence-corrected chi connectivity index (χ4v) is 2.96. The Morgan fingerprint density at radius 2 is 1.91 bits per heavy atom. The third kappa shape index (κ3) is 3.81. The van der Waals surface area contributed by atoms with Crippen LogP contribution in [0.5, 0.6) is 0 Å². The summed E-state index contributed by atoms with van der Waals surface area (Å²) in [5, 5.41) is 5.30. The first kappa shape index (κ1) is 15.4. The highest BCUT2D eigenvalue weighted by Gasteiger charge is 2.11. The lowest BCUT2D eigenvalue weighted by molar-refractivity contribution is -0.115. The topological polar surface area (TPSA) is 42.0 Å². The molecule has 116 valence electrons. The molecule has 0 fully saturated rings. The Bertz CT molecular complexity index is 827. The zero-order valence-corrected chi connectivity index (χ0v) is 13.4. The fourth-order valence-electron chi connectivity index (χ4n) is 2.14. The summed E-state index contributed by atoms with van der Waals surface area (Å²) in [5.74, 6) is -0.727. The molecule has 0 saturated heterocycles. The van der Waals surface area contributed by atoms with E-state index in [2.05, 4.69) is 10.3 Å². The minimum atomic E-state index is -0.445. The predicted octanol–water partition coefficient (Wildman–Crippen LogP) is 4.44. The monoisotopic (exact) mass is 326 g/mol. The molecule has 1 amide bonds. The minimum absolute atomic E-state index is 0.122. The van der Waals surface area contributed by atoms with Crippen molar-refractivity contribution in [2.75, 3.05) is 5.32 Å². The van der Waals surface area contributed by atoms with E-state index in [0.29, 0.717) is 5.69 Å². The van der Waals surface area contributed by atoms with Crippen LogP contribution >= 0.6 is 11.3 Å². The van der Waals surface area contributed by atoms with Crippen molar-refractivity contribution in [2.24, 2.45) is 0 Å². The number of benzene rings is 2. The number of nitrogens with one attached hydrogen (secondary N) is 1. The van der Waals surface area contributed by atoms with E-state index >= 15 is 0 Å². The predicted molar refractivity (Wildman–Crippen MR) is 91.0 cm³/mol. The van der Waals surface area contributed by atoms with Gasteiger partial charge in [0.25, 0.3) is 0 Å². The molecule has 5 heteroatoms. The highest BCUT2D eigenvalue weighted by Crippen LogP contribution is 2.24. The molecule has 3 aromatic rings. The van der Waals surface area contributed by atoms with Gasteiger partial charge < -0.3 is 5.32 Å². The van der Waals surface area contributed by atoms with E-state index in [1.54, 1.807) is 12.1 Å². The van der Waals surface area contributed by atoms with Crippen LogP contribution in [0.3, 0.4) is 0 Å². The molecule has 2 aromatic carbocycles. The van der Waals surface area contributed by atoms with Gasteiger partial charge in [-0.15, -0.1) is 11.3 Å². The number of aromatic nitrogens is 1. The van der Waals surface area contributed by atoms with Gasteiger partial charge in [0.15, 0.2) is 0 Å². The van der Waals surface area contributed by atoms with Crippen LogP contribution in [0.2, 0.25) is 0 Å². The van der Waals surface area contributed by atoms with Crippen LogP contribution in [-0.4, -0.2) is 10.9 Å². The summed E-state index contributed by atoms with van der Waals surface area (Å²) in [7, 11) is 0. The maximum Gasteiger partial charge on any atom is 0.230 e.